The molecule has 31 heteroatoms. The maximum atomic E-state index is 13.2. The van der Waals surface area contributed by atoms with Crippen LogP contribution < -0.4 is 19.9 Å². The standard InChI is InChI=1S/C23H20N6O5.C22H22N6O5.C22H19N5O4/c1-33-16-12-25-19(21-26-13-34-27-21)18-17(16)15(11-24-18)20(30)23(32)29-9-7-28(8-10-29)22(31)14-5-3-2-4-6-14;1-33-15-12-25-18(20(23)26-32)17-16(15)14(11-24-17)19(29)22(31)28-9-7-27(8-10-28)21(30)13-5-3-2-4-6-13;1-31-17-13-24-16(11-23)19-18(17)15(12-25-19)20(28)22(30)27-9-7-26(8-10-27)21(29)14-5-3-2-4-6-14/h2-6,11-13,24H,7-10H2,1H3;2-6,11-12,24,32H,7-10H2,1H3,(H2,23,26);2-6,12-13,25H,7-10H2,1H3. The summed E-state index contributed by atoms with van der Waals surface area (Å²) in [5, 5.41) is 26.1. The number of nitrogens with one attached hydrogen (secondary N) is 3. The first-order valence-corrected chi connectivity index (χ1v) is 30.4. The first kappa shape index (κ1) is 66.3. The SMILES string of the molecule is COc1cnc(-c2ncon2)c2[nH]cc(C(=O)C(=O)N3CCN(C(=O)c4ccccc4)CC3)c12.COc1cnc(/C(N)=N/O)c2[nH]cc(C(=O)C(=O)N3CCN(C(=O)c4ccccc4)CC3)c12.COc1cnc(C#N)c2[nH]cc(C(=O)C(=O)N3CCN(C(=O)c4ccccc4)CC3)c12. The Morgan fingerprint density at radius 2 is 0.837 bits per heavy atom. The number of nitrogens with zero attached hydrogens (tertiary/aromatic N) is 13. The molecule has 0 bridgehead atoms. The number of methoxy groups -OCH3 is 3. The van der Waals surface area contributed by atoms with E-state index in [9.17, 15) is 48.4 Å². The molecule has 6 amide bonds. The Balaban J connectivity index is 0.000000149. The Morgan fingerprint density at radius 3 is 1.20 bits per heavy atom. The van der Waals surface area contributed by atoms with Crippen molar-refractivity contribution >= 4 is 91.3 Å². The molecule has 0 aliphatic carbocycles. The number of pyridine rings is 3. The molecular formula is C67H61N17O14. The Kier molecular flexibility index (Phi) is 19.9. The molecule has 498 valence electrons. The summed E-state index contributed by atoms with van der Waals surface area (Å²) in [5.41, 5.74) is 9.50. The highest BCUT2D eigenvalue weighted by Gasteiger charge is 2.35. The van der Waals surface area contributed by atoms with Crippen molar-refractivity contribution in [1.82, 2.24) is 69.4 Å². The number of rotatable bonds is 14. The molecule has 0 saturated carbocycles. The number of Topliss-reactive ketones (excluding diaryl/α,β-unsaturated/α-hetero) is 3. The zero-order chi connectivity index (χ0) is 69.1. The second-order valence-electron chi connectivity index (χ2n) is 22.1. The molecule has 0 unspecified atom stereocenters. The van der Waals surface area contributed by atoms with Gasteiger partial charge in [0.05, 0.1) is 89.3 Å². The molecule has 3 aromatic carbocycles. The molecule has 3 saturated heterocycles. The number of aromatic amines is 3. The number of H-pyrrole nitrogens is 3. The van der Waals surface area contributed by atoms with E-state index in [1.807, 2.05) is 24.3 Å². The predicted octanol–water partition coefficient (Wildman–Crippen LogP) is 4.23. The van der Waals surface area contributed by atoms with Crippen LogP contribution in [0.15, 0.2) is 144 Å². The average Bonchev–Trinajstić information content (AvgIpc) is 1.57. The fraction of sp³-hybridized carbons (Fsp3) is 0.224. The van der Waals surface area contributed by atoms with Gasteiger partial charge < -0.3 is 74.0 Å². The summed E-state index contributed by atoms with van der Waals surface area (Å²) in [6, 6.07) is 28.8. The number of nitrogens with two attached hydrogens (primary N) is 1. The summed E-state index contributed by atoms with van der Waals surface area (Å²) >= 11 is 0. The number of fused-ring (bicyclic) bond motifs is 3. The molecular weight excluding hydrogens is 1270 g/mol. The van der Waals surface area contributed by atoms with Crippen LogP contribution in [0.2, 0.25) is 0 Å². The number of carbonyl (C=O) groups is 9. The monoisotopic (exact) mass is 1330 g/mol. The largest absolute Gasteiger partial charge is 0.494 e. The van der Waals surface area contributed by atoms with Crippen molar-refractivity contribution in [3.63, 3.8) is 0 Å². The van der Waals surface area contributed by atoms with Gasteiger partial charge in [0.2, 0.25) is 12.2 Å². The molecule has 6 N–H and O–H groups in total. The Hall–Kier alpha value is -13.1. The number of piperazine rings is 3. The number of aromatic nitrogens is 8. The van der Waals surface area contributed by atoms with Gasteiger partial charge in [-0.15, -0.1) is 0 Å². The second kappa shape index (κ2) is 29.4. The molecule has 10 aromatic rings. The quantitative estimate of drug-likeness (QED) is 0.0254. The summed E-state index contributed by atoms with van der Waals surface area (Å²) in [4.78, 5) is 150. The van der Waals surface area contributed by atoms with E-state index in [4.69, 9.17) is 29.7 Å². The first-order chi connectivity index (χ1) is 47.6. The van der Waals surface area contributed by atoms with Crippen LogP contribution in [0.5, 0.6) is 17.2 Å². The third-order valence-electron chi connectivity index (χ3n) is 16.7. The molecule has 3 aliphatic rings. The van der Waals surface area contributed by atoms with Gasteiger partial charge in [-0.3, -0.25) is 43.2 Å². The van der Waals surface area contributed by atoms with Gasteiger partial charge in [0.25, 0.3) is 52.8 Å². The van der Waals surface area contributed by atoms with Gasteiger partial charge in [-0.2, -0.15) is 10.2 Å². The molecule has 0 spiro atoms. The smallest absolute Gasteiger partial charge is 0.295 e. The topological polar surface area (TPSA) is 408 Å². The zero-order valence-electron chi connectivity index (χ0n) is 52.8. The number of benzene rings is 3. The molecule has 13 rings (SSSR count). The van der Waals surface area contributed by atoms with Gasteiger partial charge in [0.1, 0.15) is 34.7 Å². The lowest BCUT2D eigenvalue weighted by molar-refractivity contribution is -0.128. The number of hydrogen-bond donors (Lipinski definition) is 5. The number of amidine groups is 1. The van der Waals surface area contributed by atoms with Crippen LogP contribution in [0.3, 0.4) is 0 Å². The van der Waals surface area contributed by atoms with Crippen molar-refractivity contribution in [3.05, 3.63) is 179 Å². The summed E-state index contributed by atoms with van der Waals surface area (Å²) in [7, 11) is 4.29. The minimum Gasteiger partial charge on any atom is -0.494 e. The van der Waals surface area contributed by atoms with E-state index in [-0.39, 0.29) is 102 Å². The van der Waals surface area contributed by atoms with E-state index in [0.717, 1.165) is 0 Å². The van der Waals surface area contributed by atoms with Crippen molar-refractivity contribution in [2.45, 2.75) is 0 Å². The highest BCUT2D eigenvalue weighted by Crippen LogP contribution is 2.35. The van der Waals surface area contributed by atoms with Crippen LogP contribution in [0.4, 0.5) is 0 Å². The van der Waals surface area contributed by atoms with Gasteiger partial charge in [-0.1, -0.05) is 64.9 Å². The Bertz CT molecular complexity index is 4750. The summed E-state index contributed by atoms with van der Waals surface area (Å²) < 4.78 is 20.8. The van der Waals surface area contributed by atoms with E-state index in [1.165, 1.54) is 79.6 Å². The summed E-state index contributed by atoms with van der Waals surface area (Å²) in [6.07, 6.45) is 9.52. The van der Waals surface area contributed by atoms with Crippen molar-refractivity contribution in [1.29, 1.82) is 5.26 Å². The second-order valence-corrected chi connectivity index (χ2v) is 22.1. The van der Waals surface area contributed by atoms with Crippen LogP contribution >= 0.6 is 0 Å². The van der Waals surface area contributed by atoms with E-state index >= 15 is 0 Å². The minimum absolute atomic E-state index is 0.0871. The molecule has 3 fully saturated rings. The van der Waals surface area contributed by atoms with Crippen LogP contribution in [0.1, 0.15) is 73.5 Å². The number of carbonyl (C=O) groups excluding carboxylic acids is 9. The van der Waals surface area contributed by atoms with Crippen molar-refractivity contribution in [3.8, 4) is 34.8 Å². The molecule has 7 aromatic heterocycles. The highest BCUT2D eigenvalue weighted by molar-refractivity contribution is 6.46. The lowest BCUT2D eigenvalue weighted by Crippen LogP contribution is -2.52. The number of nitriles is 1. The predicted molar refractivity (Wildman–Crippen MR) is 348 cm³/mol. The first-order valence-electron chi connectivity index (χ1n) is 30.4. The summed E-state index contributed by atoms with van der Waals surface area (Å²) in [5.74, 6) is -3.56. The number of ether oxygens (including phenoxy) is 3. The van der Waals surface area contributed by atoms with Gasteiger partial charge in [-0.25, -0.2) is 15.0 Å². The molecule has 10 heterocycles. The van der Waals surface area contributed by atoms with Gasteiger partial charge >= 0.3 is 0 Å². The maximum Gasteiger partial charge on any atom is 0.295 e. The normalized spacial score (nSPS) is 14.0. The molecule has 0 radical (unpaired) electrons. The van der Waals surface area contributed by atoms with Gasteiger partial charge in [0.15, 0.2) is 11.5 Å². The highest BCUT2D eigenvalue weighted by atomic mass is 16.5. The third-order valence-corrected chi connectivity index (χ3v) is 16.7. The number of oxime groups is 1. The average molecular weight is 1330 g/mol. The van der Waals surface area contributed by atoms with E-state index in [2.05, 4.69) is 45.2 Å². The Labute approximate surface area is 556 Å². The van der Waals surface area contributed by atoms with E-state index in [1.54, 1.807) is 87.5 Å². The fourth-order valence-electron chi connectivity index (χ4n) is 11.5. The zero-order valence-corrected chi connectivity index (χ0v) is 52.8. The van der Waals surface area contributed by atoms with Crippen molar-refractivity contribution < 1.29 is 67.1 Å². The van der Waals surface area contributed by atoms with Crippen molar-refractivity contribution in [2.75, 3.05) is 99.9 Å². The molecule has 3 aliphatic heterocycles. The number of hydrogen-bond acceptors (Lipinski definition) is 21. The fourth-order valence-corrected chi connectivity index (χ4v) is 11.5. The van der Waals surface area contributed by atoms with Gasteiger partial charge in [0, 0.05) is 114 Å². The maximum absolute atomic E-state index is 13.2. The lowest BCUT2D eigenvalue weighted by Gasteiger charge is -2.34. The number of amides is 6. The Morgan fingerprint density at radius 1 is 0.490 bits per heavy atom. The van der Waals surface area contributed by atoms with Crippen molar-refractivity contribution in [2.24, 2.45) is 10.9 Å². The van der Waals surface area contributed by atoms with E-state index < -0.39 is 35.1 Å². The lowest BCUT2D eigenvalue weighted by atomic mass is 10.1. The van der Waals surface area contributed by atoms with Crippen LogP contribution in [-0.4, -0.2) is 233 Å². The molecule has 98 heavy (non-hydrogen) atoms. The summed E-state index contributed by atoms with van der Waals surface area (Å²) in [6.45, 7) is 3.52. The van der Waals surface area contributed by atoms with Crippen LogP contribution in [0, 0.1) is 11.3 Å². The minimum atomic E-state index is -0.737. The van der Waals surface area contributed by atoms with E-state index in [0.29, 0.717) is 106 Å². The molecule has 31 nitrogen and oxygen atoms in total. The van der Waals surface area contributed by atoms with Crippen LogP contribution in [0.25, 0.3) is 44.2 Å². The van der Waals surface area contributed by atoms with Gasteiger partial charge in [-0.05, 0) is 36.4 Å². The number of ketones is 3. The molecule has 0 atom stereocenters. The third kappa shape index (κ3) is 13.4. The van der Waals surface area contributed by atoms with Crippen LogP contribution in [-0.2, 0) is 14.4 Å².